The maximum absolute atomic E-state index is 14.4. The highest BCUT2D eigenvalue weighted by Gasteiger charge is 2.24. The van der Waals surface area contributed by atoms with Crippen LogP contribution >= 0.6 is 0 Å². The molecule has 136 valence electrons. The molecule has 2 aromatic carbocycles. The third-order valence-electron chi connectivity index (χ3n) is 4.79. The number of carbonyl (C=O) groups excluding carboxylic acids is 2. The molecule has 26 heavy (non-hydrogen) atoms. The van der Waals surface area contributed by atoms with Crippen LogP contribution in [0.5, 0.6) is 0 Å². The summed E-state index contributed by atoms with van der Waals surface area (Å²) in [5, 5.41) is 2.76. The van der Waals surface area contributed by atoms with Crippen LogP contribution < -0.4 is 10.2 Å². The van der Waals surface area contributed by atoms with E-state index in [-0.39, 0.29) is 23.4 Å². The van der Waals surface area contributed by atoms with E-state index in [1.807, 2.05) is 37.3 Å². The highest BCUT2D eigenvalue weighted by molar-refractivity contribution is 5.96. The Morgan fingerprint density at radius 3 is 2.62 bits per heavy atom. The molecule has 0 bridgehead atoms. The van der Waals surface area contributed by atoms with E-state index in [0.29, 0.717) is 25.1 Å². The third kappa shape index (κ3) is 4.10. The molecule has 0 spiro atoms. The lowest BCUT2D eigenvalue weighted by atomic mass is 9.93. The van der Waals surface area contributed by atoms with Crippen molar-refractivity contribution in [1.82, 2.24) is 0 Å². The molecule has 4 nitrogen and oxygen atoms in total. The summed E-state index contributed by atoms with van der Waals surface area (Å²) in [4.78, 5) is 25.6. The second-order valence-electron chi connectivity index (χ2n) is 6.58. The number of nitrogens with zero attached hydrogens (tertiary/aromatic N) is 1. The number of halogens is 1. The average molecular weight is 354 g/mol. The van der Waals surface area contributed by atoms with Gasteiger partial charge in [0.2, 0.25) is 11.8 Å². The molecule has 0 saturated carbocycles. The Balaban J connectivity index is 1.66. The second kappa shape index (κ2) is 8.13. The molecule has 3 rings (SSSR count). The van der Waals surface area contributed by atoms with Crippen LogP contribution in [0, 0.1) is 5.82 Å². The van der Waals surface area contributed by atoms with Gasteiger partial charge in [-0.3, -0.25) is 9.59 Å². The van der Waals surface area contributed by atoms with E-state index in [4.69, 9.17) is 0 Å². The first-order valence-corrected chi connectivity index (χ1v) is 9.03. The Morgan fingerprint density at radius 2 is 2.00 bits per heavy atom. The number of amides is 2. The van der Waals surface area contributed by atoms with E-state index in [1.54, 1.807) is 12.1 Å². The second-order valence-corrected chi connectivity index (χ2v) is 6.58. The number of hydrogen-bond donors (Lipinski definition) is 1. The Morgan fingerprint density at radius 1 is 1.23 bits per heavy atom. The van der Waals surface area contributed by atoms with Crippen LogP contribution in [0.3, 0.4) is 0 Å². The summed E-state index contributed by atoms with van der Waals surface area (Å²) in [6.45, 7) is 2.59. The van der Waals surface area contributed by atoms with Crippen LogP contribution in [0.15, 0.2) is 48.5 Å². The number of anilines is 2. The first-order chi connectivity index (χ1) is 12.6. The lowest BCUT2D eigenvalue weighted by Crippen LogP contribution is -2.24. The van der Waals surface area contributed by atoms with Crippen LogP contribution in [0.1, 0.15) is 44.1 Å². The van der Waals surface area contributed by atoms with Crippen LogP contribution in [-0.2, 0) is 9.59 Å². The highest BCUT2D eigenvalue weighted by Crippen LogP contribution is 2.28. The molecule has 2 aromatic rings. The highest BCUT2D eigenvalue weighted by atomic mass is 19.1. The van der Waals surface area contributed by atoms with Crippen molar-refractivity contribution in [3.63, 3.8) is 0 Å². The maximum Gasteiger partial charge on any atom is 0.227 e. The zero-order valence-electron chi connectivity index (χ0n) is 14.9. The minimum atomic E-state index is -0.492. The molecule has 2 amide bonds. The average Bonchev–Trinajstić information content (AvgIpc) is 3.06. The van der Waals surface area contributed by atoms with Gasteiger partial charge in [-0.25, -0.2) is 4.39 Å². The molecule has 1 aliphatic heterocycles. The fourth-order valence-corrected chi connectivity index (χ4v) is 3.37. The van der Waals surface area contributed by atoms with Gasteiger partial charge in [0.15, 0.2) is 0 Å². The number of rotatable bonds is 6. The molecule has 1 saturated heterocycles. The smallest absolute Gasteiger partial charge is 0.227 e. The van der Waals surface area contributed by atoms with Crippen molar-refractivity contribution >= 4 is 23.2 Å². The predicted octanol–water partition coefficient (Wildman–Crippen LogP) is 4.47. The molecular weight excluding hydrogens is 331 g/mol. The first kappa shape index (κ1) is 18.1. The van der Waals surface area contributed by atoms with Gasteiger partial charge in [-0.2, -0.15) is 0 Å². The first-order valence-electron chi connectivity index (χ1n) is 9.03. The zero-order chi connectivity index (χ0) is 18.5. The summed E-state index contributed by atoms with van der Waals surface area (Å²) < 4.78 is 14.4. The molecular formula is C21H23FN2O2. The van der Waals surface area contributed by atoms with Gasteiger partial charge in [-0.1, -0.05) is 37.3 Å². The summed E-state index contributed by atoms with van der Waals surface area (Å²) in [6.07, 6.45) is 2.39. The monoisotopic (exact) mass is 354 g/mol. The van der Waals surface area contributed by atoms with E-state index in [2.05, 4.69) is 5.32 Å². The number of nitrogens with one attached hydrogen (secondary N) is 1. The van der Waals surface area contributed by atoms with E-state index >= 15 is 0 Å². The van der Waals surface area contributed by atoms with E-state index in [1.165, 1.54) is 11.0 Å². The van der Waals surface area contributed by atoms with Crippen molar-refractivity contribution in [2.75, 3.05) is 16.8 Å². The summed E-state index contributed by atoms with van der Waals surface area (Å²) in [6, 6.07) is 14.4. The van der Waals surface area contributed by atoms with Crippen LogP contribution in [-0.4, -0.2) is 18.4 Å². The standard InChI is InChI=1S/C21H23FN2O2/c1-2-15(16-7-4-3-5-8-16)13-20(25)23-17-10-11-19(18(22)14-17)24-12-6-9-21(24)26/h3-5,7-8,10-11,14-15H,2,6,9,12-13H2,1H3,(H,23,25). The zero-order valence-corrected chi connectivity index (χ0v) is 14.9. The molecule has 1 aliphatic rings. The minimum Gasteiger partial charge on any atom is -0.326 e. The maximum atomic E-state index is 14.4. The van der Waals surface area contributed by atoms with Crippen molar-refractivity contribution < 1.29 is 14.0 Å². The summed E-state index contributed by atoms with van der Waals surface area (Å²) in [7, 11) is 0. The SMILES string of the molecule is CCC(CC(=O)Nc1ccc(N2CCCC2=O)c(F)c1)c1ccccc1. The van der Waals surface area contributed by atoms with Crippen LogP contribution in [0.2, 0.25) is 0 Å². The fraction of sp³-hybridized carbons (Fsp3) is 0.333. The van der Waals surface area contributed by atoms with E-state index in [0.717, 1.165) is 18.4 Å². The summed E-state index contributed by atoms with van der Waals surface area (Å²) in [5.41, 5.74) is 1.81. The molecule has 1 heterocycles. The Hall–Kier alpha value is -2.69. The molecule has 5 heteroatoms. The number of benzene rings is 2. The van der Waals surface area contributed by atoms with Gasteiger partial charge < -0.3 is 10.2 Å². The lowest BCUT2D eigenvalue weighted by Gasteiger charge is -2.18. The molecule has 1 fully saturated rings. The van der Waals surface area contributed by atoms with Crippen molar-refractivity contribution in [3.05, 3.63) is 59.9 Å². The third-order valence-corrected chi connectivity index (χ3v) is 4.79. The quantitative estimate of drug-likeness (QED) is 0.832. The summed E-state index contributed by atoms with van der Waals surface area (Å²) in [5.74, 6) is -0.574. The Bertz CT molecular complexity index is 792. The van der Waals surface area contributed by atoms with E-state index in [9.17, 15) is 14.0 Å². The van der Waals surface area contributed by atoms with E-state index < -0.39 is 5.82 Å². The minimum absolute atomic E-state index is 0.0608. The molecule has 1 unspecified atom stereocenters. The molecule has 1 N–H and O–H groups in total. The normalized spacial score (nSPS) is 15.2. The molecule has 1 atom stereocenters. The largest absolute Gasteiger partial charge is 0.326 e. The van der Waals surface area contributed by atoms with Gasteiger partial charge in [0.1, 0.15) is 5.82 Å². The molecule has 0 radical (unpaired) electrons. The van der Waals surface area contributed by atoms with Gasteiger partial charge in [-0.15, -0.1) is 0 Å². The summed E-state index contributed by atoms with van der Waals surface area (Å²) >= 11 is 0. The number of carbonyl (C=O) groups is 2. The van der Waals surface area contributed by atoms with Gasteiger partial charge >= 0.3 is 0 Å². The van der Waals surface area contributed by atoms with Crippen molar-refractivity contribution in [3.8, 4) is 0 Å². The van der Waals surface area contributed by atoms with Crippen molar-refractivity contribution in [2.45, 2.75) is 38.5 Å². The predicted molar refractivity (Wildman–Crippen MR) is 101 cm³/mol. The molecule has 0 aromatic heterocycles. The van der Waals surface area contributed by atoms with Gasteiger partial charge in [0.05, 0.1) is 5.69 Å². The van der Waals surface area contributed by atoms with Gasteiger partial charge in [0.25, 0.3) is 0 Å². The Labute approximate surface area is 153 Å². The van der Waals surface area contributed by atoms with Crippen molar-refractivity contribution in [2.24, 2.45) is 0 Å². The Kier molecular flexibility index (Phi) is 5.66. The van der Waals surface area contributed by atoms with Crippen LogP contribution in [0.4, 0.5) is 15.8 Å². The van der Waals surface area contributed by atoms with Crippen molar-refractivity contribution in [1.29, 1.82) is 0 Å². The van der Waals surface area contributed by atoms with Gasteiger partial charge in [0, 0.05) is 25.1 Å². The molecule has 0 aliphatic carbocycles. The lowest BCUT2D eigenvalue weighted by molar-refractivity contribution is -0.117. The topological polar surface area (TPSA) is 49.4 Å². The number of hydrogen-bond acceptors (Lipinski definition) is 2. The van der Waals surface area contributed by atoms with Gasteiger partial charge in [-0.05, 0) is 42.5 Å². The fourth-order valence-electron chi connectivity index (χ4n) is 3.37. The van der Waals surface area contributed by atoms with Crippen LogP contribution in [0.25, 0.3) is 0 Å².